The normalized spacial score (nSPS) is 15.9. The van der Waals surface area contributed by atoms with Crippen molar-refractivity contribution in [2.24, 2.45) is 0 Å². The molecule has 0 spiro atoms. The number of carbonyl (C=O) groups is 3. The Bertz CT molecular complexity index is 252. The van der Waals surface area contributed by atoms with Gasteiger partial charge in [0.05, 0.1) is 0 Å². The van der Waals surface area contributed by atoms with Gasteiger partial charge in [-0.2, -0.15) is 0 Å². The summed E-state index contributed by atoms with van der Waals surface area (Å²) >= 11 is 0. The number of halogens is 1. The van der Waals surface area contributed by atoms with Gasteiger partial charge in [-0.05, 0) is 0 Å². The molecule has 14 heavy (non-hydrogen) atoms. The molecule has 3 amide bonds. The number of hydrogen-bond acceptors (Lipinski definition) is 4. The van der Waals surface area contributed by atoms with Gasteiger partial charge in [0, 0.05) is 19.4 Å². The van der Waals surface area contributed by atoms with Crippen molar-refractivity contribution in [3.63, 3.8) is 0 Å². The first-order valence-electron chi connectivity index (χ1n) is 4.02. The van der Waals surface area contributed by atoms with Crippen LogP contribution in [0.15, 0.2) is 0 Å². The second-order valence-corrected chi connectivity index (χ2v) is 2.58. The minimum Gasteiger partial charge on any atom is -0.317 e. The van der Waals surface area contributed by atoms with Crippen LogP contribution in [0.5, 0.6) is 0 Å². The predicted octanol–water partition coefficient (Wildman–Crippen LogP) is -0.254. The highest BCUT2D eigenvalue weighted by Crippen LogP contribution is 2.11. The van der Waals surface area contributed by atoms with E-state index in [4.69, 9.17) is 0 Å². The molecule has 0 unspecified atom stereocenters. The van der Waals surface area contributed by atoms with Gasteiger partial charge in [-0.15, -0.1) is 5.06 Å². The van der Waals surface area contributed by atoms with Crippen molar-refractivity contribution in [1.82, 2.24) is 10.4 Å². The smallest absolute Gasteiger partial charge is 0.317 e. The zero-order chi connectivity index (χ0) is 10.6. The zero-order valence-corrected chi connectivity index (χ0v) is 7.29. The van der Waals surface area contributed by atoms with E-state index in [0.29, 0.717) is 5.06 Å². The van der Waals surface area contributed by atoms with Gasteiger partial charge in [0.15, 0.2) is 0 Å². The van der Waals surface area contributed by atoms with Crippen molar-refractivity contribution in [3.05, 3.63) is 0 Å². The summed E-state index contributed by atoms with van der Waals surface area (Å²) in [5, 5.41) is 2.41. The van der Waals surface area contributed by atoms with Crippen LogP contribution in [-0.4, -0.2) is 36.2 Å². The van der Waals surface area contributed by atoms with Crippen LogP contribution in [0.3, 0.4) is 0 Å². The molecule has 0 saturated carbocycles. The van der Waals surface area contributed by atoms with Gasteiger partial charge in [0.2, 0.25) is 0 Å². The third-order valence-electron chi connectivity index (χ3n) is 1.54. The first-order chi connectivity index (χ1) is 6.65. The molecule has 1 N–H and O–H groups in total. The van der Waals surface area contributed by atoms with Crippen LogP contribution in [0, 0.1) is 0 Å². The summed E-state index contributed by atoms with van der Waals surface area (Å²) < 4.78 is 11.6. The molecule has 1 fully saturated rings. The molecule has 0 aromatic carbocycles. The fraction of sp³-hybridized carbons (Fsp3) is 0.571. The van der Waals surface area contributed by atoms with Crippen molar-refractivity contribution >= 4 is 17.9 Å². The highest BCUT2D eigenvalue weighted by atomic mass is 19.1. The molecule has 0 aromatic rings. The average molecular weight is 204 g/mol. The van der Waals surface area contributed by atoms with Gasteiger partial charge in [0.25, 0.3) is 11.8 Å². The van der Waals surface area contributed by atoms with Crippen LogP contribution >= 0.6 is 0 Å². The molecule has 7 heteroatoms. The van der Waals surface area contributed by atoms with Gasteiger partial charge in [-0.1, -0.05) is 0 Å². The maximum Gasteiger partial charge on any atom is 0.432 e. The summed E-state index contributed by atoms with van der Waals surface area (Å²) in [6, 6.07) is 0. The molecule has 0 aliphatic carbocycles. The van der Waals surface area contributed by atoms with E-state index < -0.39 is 24.6 Å². The monoisotopic (exact) mass is 204 g/mol. The van der Waals surface area contributed by atoms with Gasteiger partial charge < -0.3 is 10.2 Å². The second kappa shape index (κ2) is 4.54. The van der Waals surface area contributed by atoms with E-state index in [2.05, 4.69) is 4.84 Å². The molecule has 0 atom stereocenters. The zero-order valence-electron chi connectivity index (χ0n) is 7.29. The maximum absolute atomic E-state index is 11.6. The lowest BCUT2D eigenvalue weighted by atomic mass is 10.4. The Morgan fingerprint density at radius 3 is 2.50 bits per heavy atom. The molecular formula is C7H9FN2O4. The molecule has 0 aromatic heterocycles. The Labute approximate surface area is 79.0 Å². The number of nitrogens with one attached hydrogen (secondary N) is 1. The first kappa shape index (κ1) is 10.4. The number of nitrogens with zero attached hydrogens (tertiary/aromatic N) is 1. The van der Waals surface area contributed by atoms with Gasteiger partial charge in [0.1, 0.15) is 6.67 Å². The number of imide groups is 1. The molecule has 1 heterocycles. The first-order valence-corrected chi connectivity index (χ1v) is 4.02. The van der Waals surface area contributed by atoms with Crippen LogP contribution in [0.25, 0.3) is 0 Å². The molecule has 1 aliphatic heterocycles. The van der Waals surface area contributed by atoms with Crippen LogP contribution in [0.1, 0.15) is 12.8 Å². The third kappa shape index (κ3) is 2.41. The number of carbonyl (C=O) groups excluding carboxylic acids is 3. The van der Waals surface area contributed by atoms with Crippen LogP contribution in [0.4, 0.5) is 9.18 Å². The molecular weight excluding hydrogens is 195 g/mol. The summed E-state index contributed by atoms with van der Waals surface area (Å²) in [7, 11) is 0. The lowest BCUT2D eigenvalue weighted by molar-refractivity contribution is -0.171. The predicted molar refractivity (Wildman–Crippen MR) is 41.5 cm³/mol. The van der Waals surface area contributed by atoms with E-state index in [1.54, 1.807) is 0 Å². The Morgan fingerprint density at radius 2 is 2.00 bits per heavy atom. The van der Waals surface area contributed by atoms with Crippen LogP contribution < -0.4 is 5.32 Å². The van der Waals surface area contributed by atoms with E-state index >= 15 is 0 Å². The third-order valence-corrected chi connectivity index (χ3v) is 1.54. The lowest BCUT2D eigenvalue weighted by Crippen LogP contribution is -2.37. The lowest BCUT2D eigenvalue weighted by Gasteiger charge is -2.12. The fourth-order valence-electron chi connectivity index (χ4n) is 0.922. The Balaban J connectivity index is 2.39. The van der Waals surface area contributed by atoms with E-state index in [-0.39, 0.29) is 19.4 Å². The number of alkyl halides is 1. The van der Waals surface area contributed by atoms with Gasteiger partial charge in [-0.3, -0.25) is 9.59 Å². The van der Waals surface area contributed by atoms with E-state index in [1.807, 2.05) is 5.32 Å². The van der Waals surface area contributed by atoms with Crippen LogP contribution in [0.2, 0.25) is 0 Å². The fourth-order valence-corrected chi connectivity index (χ4v) is 0.922. The molecule has 6 nitrogen and oxygen atoms in total. The van der Waals surface area contributed by atoms with Crippen molar-refractivity contribution in [3.8, 4) is 0 Å². The molecule has 1 aliphatic rings. The maximum atomic E-state index is 11.6. The Morgan fingerprint density at radius 1 is 1.43 bits per heavy atom. The quantitative estimate of drug-likeness (QED) is 0.643. The minimum absolute atomic E-state index is 0.0369. The Hall–Kier alpha value is -1.66. The van der Waals surface area contributed by atoms with Crippen LogP contribution in [-0.2, 0) is 14.4 Å². The van der Waals surface area contributed by atoms with Gasteiger partial charge >= 0.3 is 6.09 Å². The van der Waals surface area contributed by atoms with Crippen molar-refractivity contribution in [2.45, 2.75) is 12.8 Å². The van der Waals surface area contributed by atoms with E-state index in [1.165, 1.54) is 0 Å². The van der Waals surface area contributed by atoms with E-state index in [9.17, 15) is 18.8 Å². The topological polar surface area (TPSA) is 75.7 Å². The standard InChI is InChI=1S/C7H9FN2O4/c8-3-4-9-7(13)14-10-5(11)1-2-6(10)12/h1-4H2,(H,9,13). The summed E-state index contributed by atoms with van der Waals surface area (Å²) in [5.41, 5.74) is 0. The highest BCUT2D eigenvalue weighted by molar-refractivity contribution is 6.01. The summed E-state index contributed by atoms with van der Waals surface area (Å²) in [5.74, 6) is -1.13. The second-order valence-electron chi connectivity index (χ2n) is 2.58. The highest BCUT2D eigenvalue weighted by Gasteiger charge is 2.32. The van der Waals surface area contributed by atoms with Crippen molar-refractivity contribution in [2.75, 3.05) is 13.2 Å². The minimum atomic E-state index is -1.01. The SMILES string of the molecule is O=C(NCCF)ON1C(=O)CCC1=O. The largest absolute Gasteiger partial charge is 0.432 e. The average Bonchev–Trinajstić information content (AvgIpc) is 2.46. The molecule has 0 bridgehead atoms. The summed E-state index contributed by atoms with van der Waals surface area (Å²) in [6.45, 7) is -0.952. The molecule has 1 rings (SSSR count). The molecule has 1 saturated heterocycles. The summed E-state index contributed by atoms with van der Waals surface area (Å²) in [6.07, 6.45) is -0.934. The molecule has 0 radical (unpaired) electrons. The number of rotatable bonds is 3. The van der Waals surface area contributed by atoms with E-state index in [0.717, 1.165) is 0 Å². The molecule has 78 valence electrons. The number of hydrogen-bond donors (Lipinski definition) is 1. The Kier molecular flexibility index (Phi) is 3.38. The van der Waals surface area contributed by atoms with Crippen molar-refractivity contribution < 1.29 is 23.6 Å². The number of hydroxylamine groups is 2. The number of amides is 3. The van der Waals surface area contributed by atoms with Crippen molar-refractivity contribution in [1.29, 1.82) is 0 Å². The summed E-state index contributed by atoms with van der Waals surface area (Å²) in [4.78, 5) is 37.0. The van der Waals surface area contributed by atoms with Gasteiger partial charge in [-0.25, -0.2) is 9.18 Å².